The van der Waals surface area contributed by atoms with Gasteiger partial charge in [0.05, 0.1) is 5.69 Å². The first-order valence-corrected chi connectivity index (χ1v) is 8.50. The highest BCUT2D eigenvalue weighted by Crippen LogP contribution is 2.31. The molecule has 2 aromatic rings. The summed E-state index contributed by atoms with van der Waals surface area (Å²) >= 11 is 3.15. The number of fused-ring (bicyclic) bond motifs is 1. The monoisotopic (exact) mass is 407 g/mol. The number of Topliss-reactive ketones (excluding diaryl/α,β-unsaturated/α-hetero) is 1. The summed E-state index contributed by atoms with van der Waals surface area (Å²) in [6.45, 7) is 0.916. The van der Waals surface area contributed by atoms with Gasteiger partial charge in [-0.1, -0.05) is 15.9 Å². The van der Waals surface area contributed by atoms with Crippen LogP contribution < -0.4 is 14.8 Å². The van der Waals surface area contributed by atoms with Crippen LogP contribution in [0.15, 0.2) is 40.9 Å². The summed E-state index contributed by atoms with van der Waals surface area (Å²) < 4.78 is 25.1. The summed E-state index contributed by atoms with van der Waals surface area (Å²) in [6.07, 6.45) is -0.0214. The highest BCUT2D eigenvalue weighted by Gasteiger charge is 2.16. The number of carbonyl (C=O) groups is 2. The fourth-order valence-electron chi connectivity index (χ4n) is 2.39. The summed E-state index contributed by atoms with van der Waals surface area (Å²) in [7, 11) is 0. The van der Waals surface area contributed by atoms with Crippen LogP contribution in [0.5, 0.6) is 11.5 Å². The quantitative estimate of drug-likeness (QED) is 0.761. The van der Waals surface area contributed by atoms with E-state index in [4.69, 9.17) is 9.47 Å². The van der Waals surface area contributed by atoms with Gasteiger partial charge in [0.25, 0.3) is 0 Å². The van der Waals surface area contributed by atoms with Gasteiger partial charge in [-0.15, -0.1) is 0 Å². The molecule has 0 fully saturated rings. The van der Waals surface area contributed by atoms with Crippen molar-refractivity contribution in [2.75, 3.05) is 18.5 Å². The predicted molar refractivity (Wildman–Crippen MR) is 93.7 cm³/mol. The van der Waals surface area contributed by atoms with Crippen molar-refractivity contribution in [1.29, 1.82) is 0 Å². The Balaban J connectivity index is 1.57. The molecule has 1 N–H and O–H groups in total. The molecule has 0 radical (unpaired) electrons. The molecule has 130 valence electrons. The summed E-state index contributed by atoms with van der Waals surface area (Å²) in [4.78, 5) is 24.2. The van der Waals surface area contributed by atoms with E-state index < -0.39 is 11.7 Å². The van der Waals surface area contributed by atoms with Gasteiger partial charge in [0.1, 0.15) is 19.0 Å². The van der Waals surface area contributed by atoms with E-state index in [0.717, 1.165) is 0 Å². The van der Waals surface area contributed by atoms with E-state index in [1.807, 2.05) is 0 Å². The number of halogens is 2. The molecule has 7 heteroatoms. The summed E-state index contributed by atoms with van der Waals surface area (Å²) in [5.74, 6) is -0.0267. The van der Waals surface area contributed by atoms with E-state index >= 15 is 0 Å². The lowest BCUT2D eigenvalue weighted by Crippen LogP contribution is -2.16. The molecule has 1 aliphatic rings. The lowest BCUT2D eigenvalue weighted by molar-refractivity contribution is -0.116. The number of ether oxygens (including phenoxy) is 2. The Bertz CT molecular complexity index is 825. The van der Waals surface area contributed by atoms with Crippen molar-refractivity contribution < 1.29 is 23.5 Å². The van der Waals surface area contributed by atoms with Crippen molar-refractivity contribution in [2.45, 2.75) is 12.8 Å². The maximum Gasteiger partial charge on any atom is 0.224 e. The molecule has 1 heterocycles. The lowest BCUT2D eigenvalue weighted by Gasteiger charge is -2.18. The lowest BCUT2D eigenvalue weighted by atomic mass is 10.1. The average Bonchev–Trinajstić information content (AvgIpc) is 2.61. The van der Waals surface area contributed by atoms with Gasteiger partial charge in [0.2, 0.25) is 5.91 Å². The minimum Gasteiger partial charge on any atom is -0.486 e. The van der Waals surface area contributed by atoms with Gasteiger partial charge >= 0.3 is 0 Å². The molecule has 1 amide bonds. The van der Waals surface area contributed by atoms with Crippen LogP contribution in [0.2, 0.25) is 0 Å². The van der Waals surface area contributed by atoms with E-state index in [-0.39, 0.29) is 24.3 Å². The number of amides is 1. The first kappa shape index (κ1) is 17.4. The Kier molecular flexibility index (Phi) is 5.33. The summed E-state index contributed by atoms with van der Waals surface area (Å²) in [6, 6.07) is 9.28. The van der Waals surface area contributed by atoms with E-state index in [9.17, 15) is 14.0 Å². The second kappa shape index (κ2) is 7.65. The summed E-state index contributed by atoms with van der Waals surface area (Å²) in [5.41, 5.74) is 0.534. The molecule has 0 aromatic heterocycles. The molecule has 0 saturated carbocycles. The van der Waals surface area contributed by atoms with Crippen LogP contribution in [-0.4, -0.2) is 24.9 Å². The average molecular weight is 408 g/mol. The van der Waals surface area contributed by atoms with Crippen molar-refractivity contribution in [1.82, 2.24) is 0 Å². The first-order chi connectivity index (χ1) is 12.0. The second-order valence-corrected chi connectivity index (χ2v) is 6.37. The van der Waals surface area contributed by atoms with Gasteiger partial charge in [-0.25, -0.2) is 4.39 Å². The third kappa shape index (κ3) is 4.36. The van der Waals surface area contributed by atoms with Gasteiger partial charge in [0, 0.05) is 22.9 Å². The zero-order valence-electron chi connectivity index (χ0n) is 13.2. The number of nitrogens with one attached hydrogen (secondary N) is 1. The largest absolute Gasteiger partial charge is 0.486 e. The highest BCUT2D eigenvalue weighted by atomic mass is 79.9. The van der Waals surface area contributed by atoms with Gasteiger partial charge in [-0.3, -0.25) is 9.59 Å². The van der Waals surface area contributed by atoms with Crippen molar-refractivity contribution >= 4 is 33.3 Å². The SMILES string of the molecule is O=C(CCC(=O)c1ccc2c(c1)OCCO2)Nc1ccc(Br)cc1F. The van der Waals surface area contributed by atoms with Crippen molar-refractivity contribution in [3.05, 3.63) is 52.3 Å². The minimum absolute atomic E-state index is 0.0175. The molecule has 0 atom stereocenters. The van der Waals surface area contributed by atoms with Gasteiger partial charge in [-0.05, 0) is 36.4 Å². The molecular weight excluding hydrogens is 393 g/mol. The van der Waals surface area contributed by atoms with Crippen LogP contribution in [0, 0.1) is 5.82 Å². The number of anilines is 1. The smallest absolute Gasteiger partial charge is 0.224 e. The van der Waals surface area contributed by atoms with Crippen LogP contribution in [0.4, 0.5) is 10.1 Å². The standard InChI is InChI=1S/C18H15BrFNO4/c19-12-2-3-14(13(20)10-12)21-18(23)6-4-15(22)11-1-5-16-17(9-11)25-8-7-24-16/h1-3,5,9-10H,4,6-8H2,(H,21,23). The first-order valence-electron chi connectivity index (χ1n) is 7.70. The van der Waals surface area contributed by atoms with Crippen LogP contribution in [0.3, 0.4) is 0 Å². The number of benzene rings is 2. The molecule has 2 aromatic carbocycles. The van der Waals surface area contributed by atoms with E-state index in [1.165, 1.54) is 12.1 Å². The fraction of sp³-hybridized carbons (Fsp3) is 0.222. The van der Waals surface area contributed by atoms with E-state index in [0.29, 0.717) is 34.7 Å². The Morgan fingerprint density at radius 1 is 1.04 bits per heavy atom. The van der Waals surface area contributed by atoms with Crippen LogP contribution in [0.25, 0.3) is 0 Å². The maximum atomic E-state index is 13.7. The molecule has 0 bridgehead atoms. The van der Waals surface area contributed by atoms with E-state index in [2.05, 4.69) is 21.2 Å². The molecule has 0 unspecified atom stereocenters. The van der Waals surface area contributed by atoms with Crippen molar-refractivity contribution in [3.63, 3.8) is 0 Å². The molecule has 0 saturated heterocycles. The van der Waals surface area contributed by atoms with Gasteiger partial charge < -0.3 is 14.8 Å². The molecular formula is C18H15BrFNO4. The predicted octanol–water partition coefficient (Wildman–Crippen LogP) is 3.96. The molecule has 0 aliphatic carbocycles. The zero-order valence-corrected chi connectivity index (χ0v) is 14.8. The van der Waals surface area contributed by atoms with Crippen LogP contribution >= 0.6 is 15.9 Å². The normalized spacial score (nSPS) is 12.6. The Morgan fingerprint density at radius 3 is 2.56 bits per heavy atom. The number of rotatable bonds is 5. The number of ketones is 1. The third-order valence-electron chi connectivity index (χ3n) is 3.65. The highest BCUT2D eigenvalue weighted by molar-refractivity contribution is 9.10. The second-order valence-electron chi connectivity index (χ2n) is 5.45. The van der Waals surface area contributed by atoms with Gasteiger partial charge in [0.15, 0.2) is 17.3 Å². The van der Waals surface area contributed by atoms with E-state index in [1.54, 1.807) is 24.3 Å². The fourth-order valence-corrected chi connectivity index (χ4v) is 2.72. The Morgan fingerprint density at radius 2 is 1.80 bits per heavy atom. The molecule has 0 spiro atoms. The third-order valence-corrected chi connectivity index (χ3v) is 4.14. The number of carbonyl (C=O) groups excluding carboxylic acids is 2. The maximum absolute atomic E-state index is 13.7. The van der Waals surface area contributed by atoms with Crippen molar-refractivity contribution in [3.8, 4) is 11.5 Å². The number of hydrogen-bond acceptors (Lipinski definition) is 4. The summed E-state index contributed by atoms with van der Waals surface area (Å²) in [5, 5.41) is 2.46. The molecule has 3 rings (SSSR count). The molecule has 1 aliphatic heterocycles. The van der Waals surface area contributed by atoms with Crippen LogP contribution in [0.1, 0.15) is 23.2 Å². The molecule has 25 heavy (non-hydrogen) atoms. The van der Waals surface area contributed by atoms with Crippen molar-refractivity contribution in [2.24, 2.45) is 0 Å². The van der Waals surface area contributed by atoms with Gasteiger partial charge in [-0.2, -0.15) is 0 Å². The minimum atomic E-state index is -0.541. The Labute approximate surface area is 152 Å². The topological polar surface area (TPSA) is 64.6 Å². The molecule has 5 nitrogen and oxygen atoms in total. The van der Waals surface area contributed by atoms with Crippen LogP contribution in [-0.2, 0) is 4.79 Å². The Hall–Kier alpha value is -2.41. The zero-order chi connectivity index (χ0) is 17.8. The number of hydrogen-bond donors (Lipinski definition) is 1.